The van der Waals surface area contributed by atoms with Gasteiger partial charge in [0.25, 0.3) is 0 Å². The van der Waals surface area contributed by atoms with E-state index in [1.54, 1.807) is 4.90 Å². The van der Waals surface area contributed by atoms with Crippen LogP contribution in [0.4, 0.5) is 4.79 Å². The third-order valence-electron chi connectivity index (χ3n) is 2.63. The van der Waals surface area contributed by atoms with Crippen LogP contribution in [0.15, 0.2) is 0 Å². The van der Waals surface area contributed by atoms with Crippen molar-refractivity contribution >= 4 is 6.03 Å². The van der Waals surface area contributed by atoms with Crippen LogP contribution in [0.2, 0.25) is 0 Å². The number of rotatable bonds is 2. The number of hydrogen-bond donors (Lipinski definition) is 1. The fourth-order valence-electron chi connectivity index (χ4n) is 1.79. The van der Waals surface area contributed by atoms with Gasteiger partial charge in [0.1, 0.15) is 0 Å². The van der Waals surface area contributed by atoms with Crippen molar-refractivity contribution in [3.63, 3.8) is 0 Å². The summed E-state index contributed by atoms with van der Waals surface area (Å²) >= 11 is 0. The fourth-order valence-corrected chi connectivity index (χ4v) is 1.79. The van der Waals surface area contributed by atoms with Crippen LogP contribution in [-0.4, -0.2) is 31.1 Å². The first-order chi connectivity index (χ1) is 6.25. The van der Waals surface area contributed by atoms with Crippen molar-refractivity contribution < 1.29 is 9.63 Å². The Morgan fingerprint density at radius 1 is 1.38 bits per heavy atom. The topological polar surface area (TPSA) is 41.6 Å². The molecule has 1 saturated carbocycles. The molecular weight excluding hydrogens is 168 g/mol. The van der Waals surface area contributed by atoms with Crippen LogP contribution in [0.1, 0.15) is 32.1 Å². The molecule has 76 valence electrons. The zero-order valence-corrected chi connectivity index (χ0v) is 8.38. The molecule has 1 aliphatic rings. The molecular formula is C9H18N2O2. The Morgan fingerprint density at radius 2 is 2.00 bits per heavy atom. The molecule has 0 saturated heterocycles. The highest BCUT2D eigenvalue weighted by molar-refractivity contribution is 5.73. The average Bonchev–Trinajstić information content (AvgIpc) is 2.18. The first kappa shape index (κ1) is 10.3. The second-order valence-electron chi connectivity index (χ2n) is 3.51. The summed E-state index contributed by atoms with van der Waals surface area (Å²) < 4.78 is 0. The Labute approximate surface area is 79.2 Å². The Kier molecular flexibility index (Phi) is 4.02. The minimum Gasteiger partial charge on any atom is -0.323 e. The van der Waals surface area contributed by atoms with Gasteiger partial charge in [0.2, 0.25) is 0 Å². The molecule has 0 aromatic heterocycles. The van der Waals surface area contributed by atoms with Gasteiger partial charge in [-0.25, -0.2) is 10.3 Å². The summed E-state index contributed by atoms with van der Waals surface area (Å²) in [4.78, 5) is 17.6. The van der Waals surface area contributed by atoms with E-state index in [4.69, 9.17) is 0 Å². The maximum atomic E-state index is 11.3. The van der Waals surface area contributed by atoms with Gasteiger partial charge in [-0.15, -0.1) is 0 Å². The van der Waals surface area contributed by atoms with Crippen LogP contribution in [-0.2, 0) is 4.84 Å². The monoisotopic (exact) mass is 186 g/mol. The predicted octanol–water partition coefficient (Wildman–Crippen LogP) is 1.52. The van der Waals surface area contributed by atoms with Crippen LogP contribution in [0.5, 0.6) is 0 Å². The Morgan fingerprint density at radius 3 is 2.54 bits per heavy atom. The van der Waals surface area contributed by atoms with Gasteiger partial charge in [-0.2, -0.15) is 0 Å². The number of urea groups is 1. The van der Waals surface area contributed by atoms with Crippen molar-refractivity contribution in [2.24, 2.45) is 0 Å². The molecule has 4 heteroatoms. The zero-order valence-electron chi connectivity index (χ0n) is 8.38. The Bertz CT molecular complexity index is 167. The molecule has 0 atom stereocenters. The molecule has 0 spiro atoms. The van der Waals surface area contributed by atoms with Gasteiger partial charge < -0.3 is 4.90 Å². The van der Waals surface area contributed by atoms with E-state index in [2.05, 4.69) is 10.3 Å². The quantitative estimate of drug-likeness (QED) is 0.664. The van der Waals surface area contributed by atoms with E-state index in [0.29, 0.717) is 6.04 Å². The summed E-state index contributed by atoms with van der Waals surface area (Å²) in [5.74, 6) is 0. The number of hydroxylamine groups is 1. The largest absolute Gasteiger partial charge is 0.341 e. The summed E-state index contributed by atoms with van der Waals surface area (Å²) in [5, 5.41) is 0. The van der Waals surface area contributed by atoms with Crippen molar-refractivity contribution in [3.8, 4) is 0 Å². The van der Waals surface area contributed by atoms with E-state index in [1.807, 2.05) is 7.05 Å². The number of amides is 2. The highest BCUT2D eigenvalue weighted by atomic mass is 16.6. The van der Waals surface area contributed by atoms with E-state index in [-0.39, 0.29) is 6.03 Å². The number of hydrogen-bond acceptors (Lipinski definition) is 2. The summed E-state index contributed by atoms with van der Waals surface area (Å²) in [6, 6.07) is 0.248. The van der Waals surface area contributed by atoms with Gasteiger partial charge >= 0.3 is 6.03 Å². The molecule has 0 aromatic carbocycles. The van der Waals surface area contributed by atoms with E-state index in [9.17, 15) is 4.79 Å². The molecule has 0 bridgehead atoms. The van der Waals surface area contributed by atoms with Crippen molar-refractivity contribution in [1.29, 1.82) is 0 Å². The van der Waals surface area contributed by atoms with Crippen LogP contribution in [0.3, 0.4) is 0 Å². The van der Waals surface area contributed by atoms with E-state index < -0.39 is 0 Å². The van der Waals surface area contributed by atoms with Gasteiger partial charge in [-0.1, -0.05) is 19.3 Å². The Balaban J connectivity index is 2.35. The lowest BCUT2D eigenvalue weighted by Crippen LogP contribution is -2.43. The molecule has 0 radical (unpaired) electrons. The molecule has 1 rings (SSSR count). The van der Waals surface area contributed by atoms with Crippen molar-refractivity contribution in [2.75, 3.05) is 14.2 Å². The summed E-state index contributed by atoms with van der Waals surface area (Å²) in [7, 11) is 3.27. The third-order valence-corrected chi connectivity index (χ3v) is 2.63. The SMILES string of the molecule is CONC(=O)N(C)C1CCCCC1. The third kappa shape index (κ3) is 2.88. The highest BCUT2D eigenvalue weighted by Crippen LogP contribution is 2.21. The number of nitrogens with one attached hydrogen (secondary N) is 1. The molecule has 2 amide bonds. The molecule has 0 aromatic rings. The second kappa shape index (κ2) is 5.07. The van der Waals surface area contributed by atoms with Gasteiger partial charge in [0.15, 0.2) is 0 Å². The number of carbonyl (C=O) groups excluding carboxylic acids is 1. The predicted molar refractivity (Wildman–Crippen MR) is 50.2 cm³/mol. The second-order valence-corrected chi connectivity index (χ2v) is 3.51. The normalized spacial score (nSPS) is 18.3. The highest BCUT2D eigenvalue weighted by Gasteiger charge is 2.21. The molecule has 0 heterocycles. The van der Waals surface area contributed by atoms with Crippen LogP contribution < -0.4 is 5.48 Å². The summed E-state index contributed by atoms with van der Waals surface area (Å²) in [6.07, 6.45) is 6.00. The van der Waals surface area contributed by atoms with Crippen LogP contribution in [0.25, 0.3) is 0 Å². The summed E-state index contributed by atoms with van der Waals surface area (Å²) in [6.45, 7) is 0. The molecule has 13 heavy (non-hydrogen) atoms. The average molecular weight is 186 g/mol. The van der Waals surface area contributed by atoms with Crippen LogP contribution in [0, 0.1) is 0 Å². The van der Waals surface area contributed by atoms with E-state index in [0.717, 1.165) is 12.8 Å². The maximum Gasteiger partial charge on any atom is 0.341 e. The minimum atomic E-state index is -0.144. The lowest BCUT2D eigenvalue weighted by atomic mass is 9.95. The van der Waals surface area contributed by atoms with E-state index >= 15 is 0 Å². The van der Waals surface area contributed by atoms with Crippen molar-refractivity contribution in [2.45, 2.75) is 38.1 Å². The fraction of sp³-hybridized carbons (Fsp3) is 0.889. The first-order valence-corrected chi connectivity index (χ1v) is 4.81. The zero-order chi connectivity index (χ0) is 9.68. The van der Waals surface area contributed by atoms with Crippen LogP contribution >= 0.6 is 0 Å². The van der Waals surface area contributed by atoms with Gasteiger partial charge in [0, 0.05) is 13.1 Å². The minimum absolute atomic E-state index is 0.144. The van der Waals surface area contributed by atoms with Gasteiger partial charge in [-0.3, -0.25) is 4.84 Å². The molecule has 4 nitrogen and oxygen atoms in total. The van der Waals surface area contributed by atoms with Gasteiger partial charge in [0.05, 0.1) is 7.11 Å². The standard InChI is InChI=1S/C9H18N2O2/c1-11(9(12)10-13-2)8-6-4-3-5-7-8/h8H,3-7H2,1-2H3,(H,10,12). The maximum absolute atomic E-state index is 11.3. The summed E-state index contributed by atoms with van der Waals surface area (Å²) in [5.41, 5.74) is 2.33. The number of carbonyl (C=O) groups is 1. The first-order valence-electron chi connectivity index (χ1n) is 4.81. The number of nitrogens with zero attached hydrogens (tertiary/aromatic N) is 1. The lowest BCUT2D eigenvalue weighted by Gasteiger charge is -2.30. The van der Waals surface area contributed by atoms with Crippen molar-refractivity contribution in [1.82, 2.24) is 10.4 Å². The Hall–Kier alpha value is -0.770. The molecule has 1 aliphatic carbocycles. The van der Waals surface area contributed by atoms with Gasteiger partial charge in [-0.05, 0) is 12.8 Å². The van der Waals surface area contributed by atoms with Crippen molar-refractivity contribution in [3.05, 3.63) is 0 Å². The molecule has 1 N–H and O–H groups in total. The van der Waals surface area contributed by atoms with E-state index in [1.165, 1.54) is 26.4 Å². The molecule has 0 aliphatic heterocycles. The smallest absolute Gasteiger partial charge is 0.323 e. The lowest BCUT2D eigenvalue weighted by molar-refractivity contribution is 0.0798. The molecule has 0 unspecified atom stereocenters. The molecule has 1 fully saturated rings.